The SMILES string of the molecule is CC(C)OCC(=O)NC1CCCC(O)C1. The first-order valence-electron chi connectivity index (χ1n) is 5.67. The first-order chi connectivity index (χ1) is 7.08. The Labute approximate surface area is 91.0 Å². The molecule has 0 aromatic rings. The van der Waals surface area contributed by atoms with Gasteiger partial charge < -0.3 is 15.2 Å². The third-order valence-electron chi connectivity index (χ3n) is 2.56. The molecule has 4 nitrogen and oxygen atoms in total. The number of carbonyl (C=O) groups excluding carboxylic acids is 1. The van der Waals surface area contributed by atoms with Crippen LogP contribution in [-0.4, -0.2) is 35.9 Å². The molecule has 0 radical (unpaired) electrons. The number of carbonyl (C=O) groups is 1. The molecule has 1 rings (SSSR count). The summed E-state index contributed by atoms with van der Waals surface area (Å²) < 4.78 is 5.20. The molecule has 15 heavy (non-hydrogen) atoms. The summed E-state index contributed by atoms with van der Waals surface area (Å²) in [5.41, 5.74) is 0. The Hall–Kier alpha value is -0.610. The molecule has 1 saturated carbocycles. The molecular weight excluding hydrogens is 194 g/mol. The Kier molecular flexibility index (Phi) is 5.05. The fourth-order valence-corrected chi connectivity index (χ4v) is 1.81. The van der Waals surface area contributed by atoms with Crippen molar-refractivity contribution < 1.29 is 14.6 Å². The first kappa shape index (κ1) is 12.5. The van der Waals surface area contributed by atoms with Crippen molar-refractivity contribution in [3.8, 4) is 0 Å². The van der Waals surface area contributed by atoms with Gasteiger partial charge in [0, 0.05) is 6.04 Å². The molecule has 0 saturated heterocycles. The van der Waals surface area contributed by atoms with Gasteiger partial charge in [-0.2, -0.15) is 0 Å². The van der Waals surface area contributed by atoms with Crippen molar-refractivity contribution in [3.63, 3.8) is 0 Å². The molecule has 1 aliphatic carbocycles. The zero-order valence-corrected chi connectivity index (χ0v) is 9.53. The highest BCUT2D eigenvalue weighted by molar-refractivity contribution is 5.77. The van der Waals surface area contributed by atoms with E-state index in [1.165, 1.54) is 0 Å². The van der Waals surface area contributed by atoms with Gasteiger partial charge in [0.1, 0.15) is 6.61 Å². The minimum Gasteiger partial charge on any atom is -0.393 e. The van der Waals surface area contributed by atoms with Crippen molar-refractivity contribution in [2.75, 3.05) is 6.61 Å². The monoisotopic (exact) mass is 215 g/mol. The number of aliphatic hydroxyl groups is 1. The van der Waals surface area contributed by atoms with Gasteiger partial charge in [-0.1, -0.05) is 0 Å². The summed E-state index contributed by atoms with van der Waals surface area (Å²) in [4.78, 5) is 11.4. The van der Waals surface area contributed by atoms with Gasteiger partial charge in [-0.3, -0.25) is 4.79 Å². The summed E-state index contributed by atoms with van der Waals surface area (Å²) in [6, 6.07) is 0.122. The predicted octanol–water partition coefficient (Wildman–Crippen LogP) is 0.831. The van der Waals surface area contributed by atoms with E-state index < -0.39 is 0 Å². The molecule has 1 fully saturated rings. The smallest absolute Gasteiger partial charge is 0.246 e. The maximum absolute atomic E-state index is 11.4. The van der Waals surface area contributed by atoms with Gasteiger partial charge in [-0.25, -0.2) is 0 Å². The summed E-state index contributed by atoms with van der Waals surface area (Å²) in [5.74, 6) is -0.0807. The highest BCUT2D eigenvalue weighted by Gasteiger charge is 2.21. The normalized spacial score (nSPS) is 26.7. The van der Waals surface area contributed by atoms with Gasteiger partial charge in [0.15, 0.2) is 0 Å². The molecule has 0 heterocycles. The molecule has 0 bridgehead atoms. The lowest BCUT2D eigenvalue weighted by Gasteiger charge is -2.26. The van der Waals surface area contributed by atoms with Crippen LogP contribution in [0, 0.1) is 0 Å². The second kappa shape index (κ2) is 6.08. The van der Waals surface area contributed by atoms with Crippen molar-refractivity contribution >= 4 is 5.91 Å². The molecule has 4 heteroatoms. The van der Waals surface area contributed by atoms with Gasteiger partial charge in [0.25, 0.3) is 0 Å². The first-order valence-corrected chi connectivity index (χ1v) is 5.67. The third kappa shape index (κ3) is 5.14. The zero-order chi connectivity index (χ0) is 11.3. The van der Waals surface area contributed by atoms with Crippen LogP contribution in [0.1, 0.15) is 39.5 Å². The Bertz CT molecular complexity index is 206. The number of nitrogens with one attached hydrogen (secondary N) is 1. The lowest BCUT2D eigenvalue weighted by molar-refractivity contribution is -0.128. The van der Waals surface area contributed by atoms with E-state index in [0.29, 0.717) is 6.42 Å². The standard InChI is InChI=1S/C11H21NO3/c1-8(2)15-7-11(14)12-9-4-3-5-10(13)6-9/h8-10,13H,3-7H2,1-2H3,(H,12,14). The highest BCUT2D eigenvalue weighted by Crippen LogP contribution is 2.18. The Balaban J connectivity index is 2.19. The number of rotatable bonds is 4. The lowest BCUT2D eigenvalue weighted by Crippen LogP contribution is -2.41. The fraction of sp³-hybridized carbons (Fsp3) is 0.909. The van der Waals surface area contributed by atoms with E-state index in [1.54, 1.807) is 0 Å². The maximum Gasteiger partial charge on any atom is 0.246 e. The molecule has 88 valence electrons. The van der Waals surface area contributed by atoms with Crippen molar-refractivity contribution in [2.24, 2.45) is 0 Å². The van der Waals surface area contributed by atoms with Crippen LogP contribution >= 0.6 is 0 Å². The fourth-order valence-electron chi connectivity index (χ4n) is 1.81. The van der Waals surface area contributed by atoms with Gasteiger partial charge in [0.05, 0.1) is 12.2 Å². The molecular formula is C11H21NO3. The van der Waals surface area contributed by atoms with E-state index in [4.69, 9.17) is 4.74 Å². The van der Waals surface area contributed by atoms with Gasteiger partial charge in [0.2, 0.25) is 5.91 Å². The van der Waals surface area contributed by atoms with Crippen molar-refractivity contribution in [2.45, 2.75) is 57.8 Å². The largest absolute Gasteiger partial charge is 0.393 e. The van der Waals surface area contributed by atoms with Gasteiger partial charge in [-0.05, 0) is 39.5 Å². The topological polar surface area (TPSA) is 58.6 Å². The van der Waals surface area contributed by atoms with Crippen LogP contribution in [0.3, 0.4) is 0 Å². The second-order valence-corrected chi connectivity index (χ2v) is 4.44. The summed E-state index contributed by atoms with van der Waals surface area (Å²) in [5, 5.41) is 12.3. The predicted molar refractivity (Wildman–Crippen MR) is 57.5 cm³/mol. The van der Waals surface area contributed by atoms with Crippen molar-refractivity contribution in [1.82, 2.24) is 5.32 Å². The molecule has 1 aliphatic rings. The van der Waals surface area contributed by atoms with Crippen LogP contribution in [0.5, 0.6) is 0 Å². The molecule has 2 N–H and O–H groups in total. The average Bonchev–Trinajstić information content (AvgIpc) is 2.15. The minimum atomic E-state index is -0.255. The van der Waals surface area contributed by atoms with Crippen molar-refractivity contribution in [1.29, 1.82) is 0 Å². The van der Waals surface area contributed by atoms with Crippen LogP contribution in [-0.2, 0) is 9.53 Å². The van der Waals surface area contributed by atoms with E-state index in [9.17, 15) is 9.90 Å². The summed E-state index contributed by atoms with van der Waals surface area (Å²) in [7, 11) is 0. The molecule has 0 aliphatic heterocycles. The molecule has 2 unspecified atom stereocenters. The Morgan fingerprint density at radius 3 is 2.87 bits per heavy atom. The van der Waals surface area contributed by atoms with E-state index in [1.807, 2.05) is 13.8 Å². The molecule has 0 spiro atoms. The molecule has 0 aromatic heterocycles. The lowest BCUT2D eigenvalue weighted by atomic mass is 9.93. The number of ether oxygens (including phenoxy) is 1. The van der Waals surface area contributed by atoms with Crippen LogP contribution in [0.2, 0.25) is 0 Å². The highest BCUT2D eigenvalue weighted by atomic mass is 16.5. The quantitative estimate of drug-likeness (QED) is 0.730. The zero-order valence-electron chi connectivity index (χ0n) is 9.53. The number of amides is 1. The Morgan fingerprint density at radius 1 is 1.53 bits per heavy atom. The van der Waals surface area contributed by atoms with E-state index in [2.05, 4.69) is 5.32 Å². The third-order valence-corrected chi connectivity index (χ3v) is 2.56. The minimum absolute atomic E-state index is 0.0766. The van der Waals surface area contributed by atoms with Crippen LogP contribution in [0.4, 0.5) is 0 Å². The second-order valence-electron chi connectivity index (χ2n) is 4.44. The molecule has 0 aromatic carbocycles. The number of hydrogen-bond acceptors (Lipinski definition) is 3. The van der Waals surface area contributed by atoms with Gasteiger partial charge in [-0.15, -0.1) is 0 Å². The summed E-state index contributed by atoms with van der Waals surface area (Å²) in [6.45, 7) is 3.92. The number of aliphatic hydroxyl groups excluding tert-OH is 1. The van der Waals surface area contributed by atoms with Gasteiger partial charge >= 0.3 is 0 Å². The average molecular weight is 215 g/mol. The van der Waals surface area contributed by atoms with E-state index in [0.717, 1.165) is 19.3 Å². The Morgan fingerprint density at radius 2 is 2.27 bits per heavy atom. The van der Waals surface area contributed by atoms with Crippen LogP contribution in [0.15, 0.2) is 0 Å². The van der Waals surface area contributed by atoms with Crippen molar-refractivity contribution in [3.05, 3.63) is 0 Å². The van der Waals surface area contributed by atoms with Crippen LogP contribution in [0.25, 0.3) is 0 Å². The van der Waals surface area contributed by atoms with E-state index in [-0.39, 0.29) is 30.8 Å². The molecule has 1 amide bonds. The molecule has 2 atom stereocenters. The number of hydrogen-bond donors (Lipinski definition) is 2. The van der Waals surface area contributed by atoms with E-state index >= 15 is 0 Å². The summed E-state index contributed by atoms with van der Waals surface area (Å²) in [6.07, 6.45) is 3.30. The van der Waals surface area contributed by atoms with Crippen LogP contribution < -0.4 is 5.32 Å². The summed E-state index contributed by atoms with van der Waals surface area (Å²) >= 11 is 0. The maximum atomic E-state index is 11.4.